The van der Waals surface area contributed by atoms with Gasteiger partial charge in [0.15, 0.2) is 0 Å². The number of nitrogens with zero attached hydrogens (tertiary/aromatic N) is 2. The molecule has 0 bridgehead atoms. The van der Waals surface area contributed by atoms with Crippen LogP contribution in [0.2, 0.25) is 0 Å². The van der Waals surface area contributed by atoms with Crippen molar-refractivity contribution in [3.8, 4) is 0 Å². The highest BCUT2D eigenvalue weighted by atomic mass is 16.2. The molecule has 0 N–H and O–H groups in total. The molecule has 6 heteroatoms. The standard InChI is InChI=1S/C29H28N2O4/c1-15-6-8-21(11-17(15)3)30-25(32)14-23(27(30)33)20-10-19(5)26-24(13-20)28(34)31(29(26)35)22-9-7-16(2)18(4)12-22/h6-12,20,23H,13-14H2,1-5H3/t20-,23+/m1/s1. The number of carbonyl (C=O) groups excluding carboxylic acids is 4. The lowest BCUT2D eigenvalue weighted by Gasteiger charge is -2.24. The second-order valence-corrected chi connectivity index (χ2v) is 9.93. The van der Waals surface area contributed by atoms with E-state index < -0.39 is 5.92 Å². The van der Waals surface area contributed by atoms with Gasteiger partial charge in [-0.1, -0.05) is 18.2 Å². The zero-order valence-electron chi connectivity index (χ0n) is 20.6. The van der Waals surface area contributed by atoms with Crippen LogP contribution >= 0.6 is 0 Å². The molecule has 0 aromatic heterocycles. The monoisotopic (exact) mass is 468 g/mol. The molecule has 0 saturated carbocycles. The van der Waals surface area contributed by atoms with Crippen molar-refractivity contribution in [3.05, 3.63) is 81.4 Å². The Morgan fingerprint density at radius 2 is 1.26 bits per heavy atom. The summed E-state index contributed by atoms with van der Waals surface area (Å²) in [6.07, 6.45) is 2.25. The SMILES string of the molecule is CC1=C[C@@H]([C@@H]2CC(=O)N(c3ccc(C)c(C)c3)C2=O)CC2=C1C(=O)N(c1ccc(C)c(C)c1)C2=O. The molecule has 6 nitrogen and oxygen atoms in total. The van der Waals surface area contributed by atoms with Gasteiger partial charge in [0, 0.05) is 12.0 Å². The van der Waals surface area contributed by atoms with Crippen LogP contribution in [-0.4, -0.2) is 23.6 Å². The summed E-state index contributed by atoms with van der Waals surface area (Å²) in [4.78, 5) is 55.5. The Morgan fingerprint density at radius 1 is 0.686 bits per heavy atom. The highest BCUT2D eigenvalue weighted by Crippen LogP contribution is 2.43. The maximum Gasteiger partial charge on any atom is 0.266 e. The predicted octanol–water partition coefficient (Wildman–Crippen LogP) is 4.64. The summed E-state index contributed by atoms with van der Waals surface area (Å²) < 4.78 is 0. The van der Waals surface area contributed by atoms with Crippen LogP contribution in [0, 0.1) is 39.5 Å². The molecule has 1 aliphatic carbocycles. The van der Waals surface area contributed by atoms with Crippen molar-refractivity contribution in [3.63, 3.8) is 0 Å². The number of amides is 4. The number of aryl methyl sites for hydroxylation is 4. The molecule has 35 heavy (non-hydrogen) atoms. The summed E-state index contributed by atoms with van der Waals surface area (Å²) in [6, 6.07) is 11.1. The summed E-state index contributed by atoms with van der Waals surface area (Å²) in [5.41, 5.74) is 6.86. The largest absolute Gasteiger partial charge is 0.274 e. The molecule has 2 aromatic rings. The number of imide groups is 2. The number of allylic oxidation sites excluding steroid dienone is 1. The van der Waals surface area contributed by atoms with Gasteiger partial charge in [-0.3, -0.25) is 24.1 Å². The third-order valence-corrected chi connectivity index (χ3v) is 7.67. The van der Waals surface area contributed by atoms with Gasteiger partial charge in [0.25, 0.3) is 11.8 Å². The maximum atomic E-state index is 13.4. The Labute approximate surface area is 204 Å². The van der Waals surface area contributed by atoms with E-state index in [0.29, 0.717) is 28.1 Å². The number of benzene rings is 2. The first-order valence-electron chi connectivity index (χ1n) is 11.9. The van der Waals surface area contributed by atoms with E-state index in [1.54, 1.807) is 19.1 Å². The van der Waals surface area contributed by atoms with Crippen molar-refractivity contribution in [2.24, 2.45) is 11.8 Å². The van der Waals surface area contributed by atoms with E-state index in [-0.39, 0.29) is 42.4 Å². The quantitative estimate of drug-likeness (QED) is 0.616. The van der Waals surface area contributed by atoms with Gasteiger partial charge in [0.05, 0.1) is 22.9 Å². The molecule has 178 valence electrons. The molecular formula is C29H28N2O4. The summed E-state index contributed by atoms with van der Waals surface area (Å²) in [5, 5.41) is 0. The van der Waals surface area contributed by atoms with E-state index >= 15 is 0 Å². The minimum absolute atomic E-state index is 0.0891. The van der Waals surface area contributed by atoms with E-state index in [1.807, 2.05) is 58.0 Å². The van der Waals surface area contributed by atoms with Gasteiger partial charge in [0.1, 0.15) is 0 Å². The van der Waals surface area contributed by atoms with Crippen molar-refractivity contribution in [1.82, 2.24) is 0 Å². The maximum absolute atomic E-state index is 13.4. The second kappa shape index (κ2) is 8.15. The van der Waals surface area contributed by atoms with Crippen molar-refractivity contribution >= 4 is 35.0 Å². The highest BCUT2D eigenvalue weighted by Gasteiger charge is 2.48. The minimum Gasteiger partial charge on any atom is -0.274 e. The molecule has 1 saturated heterocycles. The Balaban J connectivity index is 1.42. The van der Waals surface area contributed by atoms with Crippen LogP contribution in [0.25, 0.3) is 0 Å². The fraction of sp³-hybridized carbons (Fsp3) is 0.310. The molecule has 5 rings (SSSR count). The molecule has 0 spiro atoms. The van der Waals surface area contributed by atoms with Crippen molar-refractivity contribution in [2.75, 3.05) is 9.80 Å². The van der Waals surface area contributed by atoms with Crippen LogP contribution in [0.15, 0.2) is 59.2 Å². The van der Waals surface area contributed by atoms with Crippen molar-refractivity contribution in [2.45, 2.75) is 47.5 Å². The smallest absolute Gasteiger partial charge is 0.266 e. The first kappa shape index (κ1) is 23.0. The molecule has 2 heterocycles. The Morgan fingerprint density at radius 3 is 1.83 bits per heavy atom. The normalized spacial score (nSPS) is 22.4. The first-order valence-corrected chi connectivity index (χ1v) is 11.9. The average Bonchev–Trinajstić information content (AvgIpc) is 3.24. The summed E-state index contributed by atoms with van der Waals surface area (Å²) >= 11 is 0. The molecule has 2 atom stereocenters. The Kier molecular flexibility index (Phi) is 5.35. The number of carbonyl (C=O) groups is 4. The molecular weight excluding hydrogens is 440 g/mol. The molecule has 2 aromatic carbocycles. The van der Waals surface area contributed by atoms with Crippen molar-refractivity contribution < 1.29 is 19.2 Å². The van der Waals surface area contributed by atoms with Crippen LogP contribution < -0.4 is 9.80 Å². The zero-order chi connectivity index (χ0) is 25.2. The first-order chi connectivity index (χ1) is 16.6. The van der Waals surface area contributed by atoms with Gasteiger partial charge >= 0.3 is 0 Å². The predicted molar refractivity (Wildman–Crippen MR) is 134 cm³/mol. The third kappa shape index (κ3) is 3.55. The van der Waals surface area contributed by atoms with E-state index in [0.717, 1.165) is 22.3 Å². The van der Waals surface area contributed by atoms with Gasteiger partial charge < -0.3 is 0 Å². The Bertz CT molecular complexity index is 1400. The number of anilines is 2. The molecule has 0 unspecified atom stereocenters. The molecule has 3 aliphatic rings. The zero-order valence-corrected chi connectivity index (χ0v) is 20.6. The van der Waals surface area contributed by atoms with Gasteiger partial charge in [0.2, 0.25) is 11.8 Å². The fourth-order valence-corrected chi connectivity index (χ4v) is 5.35. The third-order valence-electron chi connectivity index (χ3n) is 7.67. The summed E-state index contributed by atoms with van der Waals surface area (Å²) in [6.45, 7) is 9.67. The lowest BCUT2D eigenvalue weighted by Crippen LogP contribution is -2.33. The number of hydrogen-bond donors (Lipinski definition) is 0. The molecule has 2 aliphatic heterocycles. The fourth-order valence-electron chi connectivity index (χ4n) is 5.35. The van der Waals surface area contributed by atoms with Crippen molar-refractivity contribution in [1.29, 1.82) is 0 Å². The van der Waals surface area contributed by atoms with E-state index in [1.165, 1.54) is 9.80 Å². The van der Waals surface area contributed by atoms with Crippen LogP contribution in [-0.2, 0) is 19.2 Å². The van der Waals surface area contributed by atoms with Crippen LogP contribution in [0.4, 0.5) is 11.4 Å². The Hall–Kier alpha value is -3.80. The second-order valence-electron chi connectivity index (χ2n) is 9.93. The van der Waals surface area contributed by atoms with E-state index in [4.69, 9.17) is 0 Å². The minimum atomic E-state index is -0.563. The summed E-state index contributed by atoms with van der Waals surface area (Å²) in [7, 11) is 0. The van der Waals surface area contributed by atoms with Gasteiger partial charge in [-0.05, 0) is 99.0 Å². The van der Waals surface area contributed by atoms with E-state index in [2.05, 4.69) is 0 Å². The van der Waals surface area contributed by atoms with Gasteiger partial charge in [-0.15, -0.1) is 0 Å². The molecule has 4 amide bonds. The summed E-state index contributed by atoms with van der Waals surface area (Å²) in [5.74, 6) is -2.04. The van der Waals surface area contributed by atoms with Crippen LogP contribution in [0.1, 0.15) is 42.0 Å². The average molecular weight is 469 g/mol. The lowest BCUT2D eigenvalue weighted by molar-refractivity contribution is -0.123. The number of rotatable bonds is 3. The molecule has 0 radical (unpaired) electrons. The number of hydrogen-bond acceptors (Lipinski definition) is 4. The van der Waals surface area contributed by atoms with E-state index in [9.17, 15) is 19.2 Å². The van der Waals surface area contributed by atoms with Crippen LogP contribution in [0.3, 0.4) is 0 Å². The topological polar surface area (TPSA) is 74.8 Å². The lowest BCUT2D eigenvalue weighted by atomic mass is 9.78. The highest BCUT2D eigenvalue weighted by molar-refractivity contribution is 6.34. The van der Waals surface area contributed by atoms with Gasteiger partial charge in [-0.2, -0.15) is 0 Å². The van der Waals surface area contributed by atoms with Gasteiger partial charge in [-0.25, -0.2) is 4.90 Å². The molecule has 1 fully saturated rings. The van der Waals surface area contributed by atoms with Crippen LogP contribution in [0.5, 0.6) is 0 Å².